The van der Waals surface area contributed by atoms with Crippen molar-refractivity contribution in [3.05, 3.63) is 84.4 Å². The predicted octanol–water partition coefficient (Wildman–Crippen LogP) is 4.91. The highest BCUT2D eigenvalue weighted by molar-refractivity contribution is 5.70. The molecule has 0 aromatic heterocycles. The Labute approximate surface area is 132 Å². The van der Waals surface area contributed by atoms with E-state index in [1.54, 1.807) is 0 Å². The van der Waals surface area contributed by atoms with Crippen molar-refractivity contribution in [2.24, 2.45) is 5.73 Å². The van der Waals surface area contributed by atoms with E-state index in [4.69, 9.17) is 5.73 Å². The zero-order valence-corrected chi connectivity index (χ0v) is 12.9. The molecule has 22 heavy (non-hydrogen) atoms. The number of hydrogen-bond acceptors (Lipinski definition) is 1. The van der Waals surface area contributed by atoms with Crippen LogP contribution in [0.25, 0.3) is 22.3 Å². The first-order chi connectivity index (χ1) is 10.7. The first-order valence-corrected chi connectivity index (χ1v) is 7.73. The zero-order chi connectivity index (χ0) is 15.4. The number of hydrogen-bond donors (Lipinski definition) is 1. The lowest BCUT2D eigenvalue weighted by molar-refractivity contribution is 0.738. The lowest BCUT2D eigenvalue weighted by atomic mass is 9.98. The summed E-state index contributed by atoms with van der Waals surface area (Å²) in [5, 5.41) is 0. The van der Waals surface area contributed by atoms with Crippen LogP contribution in [0.3, 0.4) is 0 Å². The van der Waals surface area contributed by atoms with E-state index in [9.17, 15) is 0 Å². The van der Waals surface area contributed by atoms with Crippen LogP contribution in [0.4, 0.5) is 0 Å². The van der Waals surface area contributed by atoms with Gasteiger partial charge in [0.25, 0.3) is 0 Å². The van der Waals surface area contributed by atoms with E-state index in [2.05, 4.69) is 72.8 Å². The summed E-state index contributed by atoms with van der Waals surface area (Å²) in [6.07, 6.45) is 0.913. The normalized spacial score (nSPS) is 12.1. The molecule has 2 N–H and O–H groups in total. The van der Waals surface area contributed by atoms with Gasteiger partial charge >= 0.3 is 0 Å². The molecule has 1 heteroatoms. The van der Waals surface area contributed by atoms with E-state index >= 15 is 0 Å². The second kappa shape index (κ2) is 6.59. The molecule has 3 rings (SSSR count). The Morgan fingerprint density at radius 1 is 0.682 bits per heavy atom. The second-order valence-corrected chi connectivity index (χ2v) is 5.83. The standard InChI is InChI=1S/C21H21N/c1-16(22)14-17-6-5-9-21(15-17)20-12-10-19(11-13-20)18-7-3-2-4-8-18/h2-13,15-16H,14,22H2,1H3. The van der Waals surface area contributed by atoms with E-state index in [-0.39, 0.29) is 6.04 Å². The van der Waals surface area contributed by atoms with Gasteiger partial charge in [0.05, 0.1) is 0 Å². The first-order valence-electron chi connectivity index (χ1n) is 7.73. The molecular formula is C21H21N. The summed E-state index contributed by atoms with van der Waals surface area (Å²) in [7, 11) is 0. The molecule has 0 aliphatic heterocycles. The van der Waals surface area contributed by atoms with Crippen molar-refractivity contribution in [3.63, 3.8) is 0 Å². The van der Waals surface area contributed by atoms with Gasteiger partial charge in [-0.25, -0.2) is 0 Å². The van der Waals surface area contributed by atoms with Gasteiger partial charge in [0.2, 0.25) is 0 Å². The van der Waals surface area contributed by atoms with Gasteiger partial charge in [0, 0.05) is 6.04 Å². The minimum atomic E-state index is 0.190. The molecule has 0 heterocycles. The van der Waals surface area contributed by atoms with E-state index in [1.165, 1.54) is 27.8 Å². The van der Waals surface area contributed by atoms with Gasteiger partial charge < -0.3 is 5.73 Å². The van der Waals surface area contributed by atoms with Crippen molar-refractivity contribution in [2.75, 3.05) is 0 Å². The van der Waals surface area contributed by atoms with Crippen LogP contribution in [0.2, 0.25) is 0 Å². The van der Waals surface area contributed by atoms with Crippen LogP contribution in [0.1, 0.15) is 12.5 Å². The SMILES string of the molecule is CC(N)Cc1cccc(-c2ccc(-c3ccccc3)cc2)c1. The Morgan fingerprint density at radius 3 is 1.86 bits per heavy atom. The van der Waals surface area contributed by atoms with Gasteiger partial charge in [0.1, 0.15) is 0 Å². The Balaban J connectivity index is 1.87. The van der Waals surface area contributed by atoms with Gasteiger partial charge in [-0.05, 0) is 41.2 Å². The average Bonchev–Trinajstić information content (AvgIpc) is 2.55. The van der Waals surface area contributed by atoms with Crippen LogP contribution in [-0.2, 0) is 6.42 Å². The van der Waals surface area contributed by atoms with Gasteiger partial charge in [-0.3, -0.25) is 0 Å². The molecular weight excluding hydrogens is 266 g/mol. The van der Waals surface area contributed by atoms with Gasteiger partial charge in [-0.2, -0.15) is 0 Å². The molecule has 110 valence electrons. The molecule has 1 atom stereocenters. The summed E-state index contributed by atoms with van der Waals surface area (Å²) in [4.78, 5) is 0. The third-order valence-electron chi connectivity index (χ3n) is 3.81. The van der Waals surface area contributed by atoms with Gasteiger partial charge in [-0.1, -0.05) is 78.9 Å². The number of nitrogens with two attached hydrogens (primary N) is 1. The Bertz CT molecular complexity index is 727. The molecule has 0 saturated carbocycles. The highest BCUT2D eigenvalue weighted by Gasteiger charge is 2.03. The molecule has 0 fully saturated rings. The minimum absolute atomic E-state index is 0.190. The van der Waals surface area contributed by atoms with Crippen LogP contribution in [0.15, 0.2) is 78.9 Å². The fraction of sp³-hybridized carbons (Fsp3) is 0.143. The van der Waals surface area contributed by atoms with Crippen molar-refractivity contribution in [1.82, 2.24) is 0 Å². The van der Waals surface area contributed by atoms with Crippen molar-refractivity contribution >= 4 is 0 Å². The van der Waals surface area contributed by atoms with Crippen molar-refractivity contribution in [1.29, 1.82) is 0 Å². The first kappa shape index (κ1) is 14.6. The quantitative estimate of drug-likeness (QED) is 0.725. The molecule has 0 saturated heterocycles. The molecule has 0 amide bonds. The van der Waals surface area contributed by atoms with Crippen LogP contribution in [0.5, 0.6) is 0 Å². The number of benzene rings is 3. The van der Waals surface area contributed by atoms with Crippen LogP contribution in [0, 0.1) is 0 Å². The lowest BCUT2D eigenvalue weighted by Gasteiger charge is -2.09. The van der Waals surface area contributed by atoms with Crippen molar-refractivity contribution in [3.8, 4) is 22.3 Å². The topological polar surface area (TPSA) is 26.0 Å². The highest BCUT2D eigenvalue weighted by atomic mass is 14.6. The molecule has 0 aliphatic rings. The summed E-state index contributed by atoms with van der Waals surface area (Å²) in [6.45, 7) is 2.04. The van der Waals surface area contributed by atoms with E-state index < -0.39 is 0 Å². The number of rotatable bonds is 4. The third kappa shape index (κ3) is 3.44. The highest BCUT2D eigenvalue weighted by Crippen LogP contribution is 2.25. The largest absolute Gasteiger partial charge is 0.328 e. The van der Waals surface area contributed by atoms with Crippen LogP contribution >= 0.6 is 0 Å². The third-order valence-corrected chi connectivity index (χ3v) is 3.81. The molecule has 0 radical (unpaired) electrons. The summed E-state index contributed by atoms with van der Waals surface area (Å²) in [6, 6.07) is 28.0. The predicted molar refractivity (Wildman–Crippen MR) is 94.7 cm³/mol. The fourth-order valence-corrected chi connectivity index (χ4v) is 2.74. The summed E-state index contributed by atoms with van der Waals surface area (Å²) < 4.78 is 0. The summed E-state index contributed by atoms with van der Waals surface area (Å²) in [5.41, 5.74) is 12.2. The Morgan fingerprint density at radius 2 is 1.23 bits per heavy atom. The Hall–Kier alpha value is -2.38. The second-order valence-electron chi connectivity index (χ2n) is 5.83. The monoisotopic (exact) mass is 287 g/mol. The molecule has 1 nitrogen and oxygen atoms in total. The molecule has 0 bridgehead atoms. The maximum Gasteiger partial charge on any atom is 0.00509 e. The van der Waals surface area contributed by atoms with Crippen molar-refractivity contribution in [2.45, 2.75) is 19.4 Å². The minimum Gasteiger partial charge on any atom is -0.328 e. The molecule has 3 aromatic carbocycles. The lowest BCUT2D eigenvalue weighted by Crippen LogP contribution is -2.17. The fourth-order valence-electron chi connectivity index (χ4n) is 2.74. The molecule has 0 aliphatic carbocycles. The summed E-state index contributed by atoms with van der Waals surface area (Å²) in [5.74, 6) is 0. The average molecular weight is 287 g/mol. The Kier molecular flexibility index (Phi) is 4.36. The molecule has 3 aromatic rings. The summed E-state index contributed by atoms with van der Waals surface area (Å²) >= 11 is 0. The smallest absolute Gasteiger partial charge is 0.00509 e. The van der Waals surface area contributed by atoms with Gasteiger partial charge in [0.15, 0.2) is 0 Å². The van der Waals surface area contributed by atoms with E-state index in [1.807, 2.05) is 13.0 Å². The molecule has 1 unspecified atom stereocenters. The zero-order valence-electron chi connectivity index (χ0n) is 12.9. The maximum atomic E-state index is 5.90. The van der Waals surface area contributed by atoms with Crippen LogP contribution < -0.4 is 5.73 Å². The van der Waals surface area contributed by atoms with E-state index in [0.717, 1.165) is 6.42 Å². The maximum absolute atomic E-state index is 5.90. The molecule has 0 spiro atoms. The van der Waals surface area contributed by atoms with Crippen LogP contribution in [-0.4, -0.2) is 6.04 Å². The van der Waals surface area contributed by atoms with Gasteiger partial charge in [-0.15, -0.1) is 0 Å². The van der Waals surface area contributed by atoms with Crippen molar-refractivity contribution < 1.29 is 0 Å². The van der Waals surface area contributed by atoms with E-state index in [0.29, 0.717) is 0 Å².